The van der Waals surface area contributed by atoms with Crippen LogP contribution in [0.2, 0.25) is 5.02 Å². The van der Waals surface area contributed by atoms with Crippen LogP contribution in [0.5, 0.6) is 0 Å². The van der Waals surface area contributed by atoms with E-state index in [1.54, 1.807) is 23.9 Å². The molecule has 0 amide bonds. The second-order valence-electron chi connectivity index (χ2n) is 6.47. The second-order valence-corrected chi connectivity index (χ2v) is 7.85. The highest BCUT2D eigenvalue weighted by molar-refractivity contribution is 7.98. The molecule has 1 saturated heterocycles. The Morgan fingerprint density at radius 3 is 2.59 bits per heavy atom. The van der Waals surface area contributed by atoms with E-state index in [0.717, 1.165) is 46.8 Å². The van der Waals surface area contributed by atoms with Crippen molar-refractivity contribution >= 4 is 23.4 Å². The van der Waals surface area contributed by atoms with Crippen LogP contribution in [0, 0.1) is 5.82 Å². The summed E-state index contributed by atoms with van der Waals surface area (Å²) in [7, 11) is 0. The van der Waals surface area contributed by atoms with Crippen LogP contribution in [0.1, 0.15) is 18.4 Å². The van der Waals surface area contributed by atoms with E-state index in [9.17, 15) is 4.39 Å². The topological polar surface area (TPSA) is 39.9 Å². The maximum atomic E-state index is 13.3. The van der Waals surface area contributed by atoms with E-state index in [-0.39, 0.29) is 11.9 Å². The normalized spacial score (nSPS) is 16.7. The number of hydrogen-bond acceptors (Lipinski definition) is 4. The van der Waals surface area contributed by atoms with Gasteiger partial charge in [0.15, 0.2) is 11.0 Å². The van der Waals surface area contributed by atoms with Gasteiger partial charge in [0.1, 0.15) is 5.82 Å². The van der Waals surface area contributed by atoms with Crippen LogP contribution in [0.4, 0.5) is 4.39 Å². The molecule has 2 heterocycles. The molecule has 0 spiro atoms. The van der Waals surface area contributed by atoms with Crippen LogP contribution in [-0.4, -0.2) is 27.5 Å². The van der Waals surface area contributed by atoms with Gasteiger partial charge in [0, 0.05) is 22.9 Å². The monoisotopic (exact) mass is 403 g/mol. The summed E-state index contributed by atoms with van der Waals surface area (Å²) >= 11 is 7.58. The van der Waals surface area contributed by atoms with Crippen molar-refractivity contribution < 1.29 is 9.13 Å². The molecule has 27 heavy (non-hydrogen) atoms. The SMILES string of the molecule is Fc1ccc(-c2nnc(SCc3ccc(Cl)cc3)n2CC2CCCO2)cc1. The van der Waals surface area contributed by atoms with Crippen molar-refractivity contribution in [3.63, 3.8) is 0 Å². The average Bonchev–Trinajstić information content (AvgIpc) is 3.33. The number of rotatable bonds is 6. The Balaban J connectivity index is 1.59. The number of halogens is 2. The number of benzene rings is 2. The van der Waals surface area contributed by atoms with Crippen LogP contribution in [-0.2, 0) is 17.0 Å². The highest BCUT2D eigenvalue weighted by Crippen LogP contribution is 2.28. The third-order valence-corrected chi connectivity index (χ3v) is 5.80. The molecule has 4 rings (SSSR count). The molecule has 1 aromatic heterocycles. The van der Waals surface area contributed by atoms with Gasteiger partial charge in [-0.3, -0.25) is 4.57 Å². The molecule has 1 unspecified atom stereocenters. The fourth-order valence-electron chi connectivity index (χ4n) is 3.09. The van der Waals surface area contributed by atoms with Crippen molar-refractivity contribution in [2.75, 3.05) is 6.61 Å². The molecular weight excluding hydrogens is 385 g/mol. The summed E-state index contributed by atoms with van der Waals surface area (Å²) in [5, 5.41) is 10.3. The van der Waals surface area contributed by atoms with Gasteiger partial charge in [-0.15, -0.1) is 10.2 Å². The molecule has 1 fully saturated rings. The Hall–Kier alpha value is -1.89. The largest absolute Gasteiger partial charge is 0.376 e. The van der Waals surface area contributed by atoms with Crippen molar-refractivity contribution in [2.24, 2.45) is 0 Å². The van der Waals surface area contributed by atoms with Gasteiger partial charge >= 0.3 is 0 Å². The zero-order valence-corrected chi connectivity index (χ0v) is 16.2. The van der Waals surface area contributed by atoms with E-state index in [4.69, 9.17) is 16.3 Å². The van der Waals surface area contributed by atoms with E-state index in [1.165, 1.54) is 17.7 Å². The Labute approximate surface area is 166 Å². The summed E-state index contributed by atoms with van der Waals surface area (Å²) in [6, 6.07) is 14.2. The summed E-state index contributed by atoms with van der Waals surface area (Å²) in [6.07, 6.45) is 2.27. The lowest BCUT2D eigenvalue weighted by molar-refractivity contribution is 0.0953. The van der Waals surface area contributed by atoms with Crippen LogP contribution in [0.3, 0.4) is 0 Å². The van der Waals surface area contributed by atoms with E-state index in [0.29, 0.717) is 6.54 Å². The van der Waals surface area contributed by atoms with Crippen LogP contribution in [0.15, 0.2) is 53.7 Å². The van der Waals surface area contributed by atoms with Crippen LogP contribution in [0.25, 0.3) is 11.4 Å². The molecule has 7 heteroatoms. The Kier molecular flexibility index (Phi) is 5.76. The van der Waals surface area contributed by atoms with Gasteiger partial charge in [-0.1, -0.05) is 35.5 Å². The van der Waals surface area contributed by atoms with Crippen molar-refractivity contribution in [3.05, 3.63) is 64.9 Å². The summed E-state index contributed by atoms with van der Waals surface area (Å²) in [6.45, 7) is 1.49. The van der Waals surface area contributed by atoms with Crippen LogP contribution < -0.4 is 0 Å². The summed E-state index contributed by atoms with van der Waals surface area (Å²) in [5.74, 6) is 1.25. The second kappa shape index (κ2) is 8.42. The molecule has 140 valence electrons. The third-order valence-electron chi connectivity index (χ3n) is 4.51. The van der Waals surface area contributed by atoms with Crippen molar-refractivity contribution in [3.8, 4) is 11.4 Å². The van der Waals surface area contributed by atoms with E-state index >= 15 is 0 Å². The Morgan fingerprint density at radius 1 is 1.11 bits per heavy atom. The Morgan fingerprint density at radius 2 is 1.89 bits per heavy atom. The molecular formula is C20H19ClFN3OS. The van der Waals surface area contributed by atoms with E-state index in [1.807, 2.05) is 24.3 Å². The molecule has 2 aromatic carbocycles. The van der Waals surface area contributed by atoms with Crippen molar-refractivity contribution in [1.29, 1.82) is 0 Å². The van der Waals surface area contributed by atoms with Gasteiger partial charge in [-0.05, 0) is 54.8 Å². The van der Waals surface area contributed by atoms with Crippen molar-refractivity contribution in [1.82, 2.24) is 14.8 Å². The molecule has 0 N–H and O–H groups in total. The van der Waals surface area contributed by atoms with Gasteiger partial charge in [0.05, 0.1) is 12.6 Å². The zero-order chi connectivity index (χ0) is 18.6. The minimum Gasteiger partial charge on any atom is -0.376 e. The maximum absolute atomic E-state index is 13.3. The first kappa shape index (κ1) is 18.5. The minimum absolute atomic E-state index is 0.162. The first-order valence-electron chi connectivity index (χ1n) is 8.87. The summed E-state index contributed by atoms with van der Waals surface area (Å²) < 4.78 is 21.2. The average molecular weight is 404 g/mol. The highest BCUT2D eigenvalue weighted by Gasteiger charge is 2.21. The number of nitrogens with zero attached hydrogens (tertiary/aromatic N) is 3. The first-order valence-corrected chi connectivity index (χ1v) is 10.2. The lowest BCUT2D eigenvalue weighted by Gasteiger charge is -2.14. The molecule has 0 aliphatic carbocycles. The summed E-state index contributed by atoms with van der Waals surface area (Å²) in [5.41, 5.74) is 2.01. The summed E-state index contributed by atoms with van der Waals surface area (Å²) in [4.78, 5) is 0. The predicted octanol–water partition coefficient (Wildman–Crippen LogP) is 5.21. The van der Waals surface area contributed by atoms with Gasteiger partial charge in [-0.2, -0.15) is 0 Å². The minimum atomic E-state index is -0.263. The molecule has 1 aliphatic rings. The molecule has 0 radical (unpaired) electrons. The number of hydrogen-bond donors (Lipinski definition) is 0. The molecule has 0 saturated carbocycles. The quantitative estimate of drug-likeness (QED) is 0.530. The lowest BCUT2D eigenvalue weighted by atomic mass is 10.2. The number of thioether (sulfide) groups is 1. The van der Waals surface area contributed by atoms with Gasteiger partial charge in [0.25, 0.3) is 0 Å². The van der Waals surface area contributed by atoms with Crippen LogP contribution >= 0.6 is 23.4 Å². The fraction of sp³-hybridized carbons (Fsp3) is 0.300. The van der Waals surface area contributed by atoms with Crippen molar-refractivity contribution in [2.45, 2.75) is 36.4 Å². The first-order chi connectivity index (χ1) is 13.2. The standard InChI is InChI=1S/C20H19ClFN3OS/c21-16-7-3-14(4-8-16)13-27-20-24-23-19(15-5-9-17(22)10-6-15)25(20)12-18-2-1-11-26-18/h3-10,18H,1-2,11-13H2. The zero-order valence-electron chi connectivity index (χ0n) is 14.6. The van der Waals surface area contributed by atoms with E-state index < -0.39 is 0 Å². The maximum Gasteiger partial charge on any atom is 0.191 e. The molecule has 4 nitrogen and oxygen atoms in total. The number of aromatic nitrogens is 3. The smallest absolute Gasteiger partial charge is 0.191 e. The number of ether oxygens (including phenoxy) is 1. The molecule has 0 bridgehead atoms. The predicted molar refractivity (Wildman–Crippen MR) is 105 cm³/mol. The van der Waals surface area contributed by atoms with E-state index in [2.05, 4.69) is 14.8 Å². The highest BCUT2D eigenvalue weighted by atomic mass is 35.5. The van der Waals surface area contributed by atoms with Gasteiger partial charge in [-0.25, -0.2) is 4.39 Å². The molecule has 3 aromatic rings. The van der Waals surface area contributed by atoms with Gasteiger partial charge in [0.2, 0.25) is 0 Å². The Bertz CT molecular complexity index is 893. The third kappa shape index (κ3) is 4.51. The molecule has 1 atom stereocenters. The molecule has 1 aliphatic heterocycles. The fourth-order valence-corrected chi connectivity index (χ4v) is 4.12. The lowest BCUT2D eigenvalue weighted by Crippen LogP contribution is -2.16. The van der Waals surface area contributed by atoms with Gasteiger partial charge < -0.3 is 4.74 Å².